The van der Waals surface area contributed by atoms with Crippen molar-refractivity contribution in [2.75, 3.05) is 12.3 Å². The number of hydrogen-bond donors (Lipinski definition) is 3. The van der Waals surface area contributed by atoms with Crippen LogP contribution in [-0.4, -0.2) is 22.6 Å². The number of nitrogens with zero attached hydrogens (tertiary/aromatic N) is 3. The number of anilines is 1. The molecule has 5 rings (SSSR count). The predicted molar refractivity (Wildman–Crippen MR) is 132 cm³/mol. The summed E-state index contributed by atoms with van der Waals surface area (Å²) in [5.74, 6) is 0.823. The van der Waals surface area contributed by atoms with Crippen molar-refractivity contribution >= 4 is 11.5 Å². The third-order valence-corrected chi connectivity index (χ3v) is 6.55. The molecule has 1 aliphatic carbocycles. The van der Waals surface area contributed by atoms with Crippen molar-refractivity contribution in [1.82, 2.24) is 15.3 Å². The number of ether oxygens (including phenoxy) is 1. The lowest BCUT2D eigenvalue weighted by Gasteiger charge is -2.24. The molecule has 178 valence electrons. The fourth-order valence-corrected chi connectivity index (χ4v) is 4.46. The van der Waals surface area contributed by atoms with Crippen LogP contribution >= 0.6 is 0 Å². The molecular formula is C27H27FN6O. The van der Waals surface area contributed by atoms with E-state index in [1.165, 1.54) is 25.0 Å². The van der Waals surface area contributed by atoms with Gasteiger partial charge in [-0.1, -0.05) is 6.07 Å². The van der Waals surface area contributed by atoms with Crippen LogP contribution in [0.1, 0.15) is 42.6 Å². The van der Waals surface area contributed by atoms with Gasteiger partial charge < -0.3 is 21.5 Å². The van der Waals surface area contributed by atoms with Crippen LogP contribution in [-0.2, 0) is 6.42 Å². The van der Waals surface area contributed by atoms with Gasteiger partial charge in [0.2, 0.25) is 0 Å². The standard InChI is InChI=1S/C27H27FN6O/c1-15-21-11-19(28)6-7-20(21)25-17(3-2-8-32-25)9-22(23(30)12-29)26(33-13-16-4-5-16)18-10-24(35-15)27(31)34-14-18/h2-3,6-8,10-11,14-16,23,33H,4-5,9,13,30H2,1H3,(H2,31,34)/b26-22-. The average molecular weight is 471 g/mol. The van der Waals surface area contributed by atoms with Crippen LogP contribution in [0, 0.1) is 23.1 Å². The molecule has 1 fully saturated rings. The van der Waals surface area contributed by atoms with Gasteiger partial charge in [0.25, 0.3) is 0 Å². The molecule has 0 spiro atoms. The Morgan fingerprint density at radius 3 is 2.86 bits per heavy atom. The average Bonchev–Trinajstić information content (AvgIpc) is 3.69. The number of aromatic nitrogens is 2. The molecule has 1 aliphatic heterocycles. The number of nitrogen functional groups attached to an aromatic ring is 1. The number of nitrogens with two attached hydrogens (primary N) is 2. The Balaban J connectivity index is 1.77. The third-order valence-electron chi connectivity index (χ3n) is 6.55. The highest BCUT2D eigenvalue weighted by Gasteiger charge is 2.26. The highest BCUT2D eigenvalue weighted by molar-refractivity contribution is 5.74. The number of nitriles is 1. The molecule has 3 heterocycles. The smallest absolute Gasteiger partial charge is 0.166 e. The van der Waals surface area contributed by atoms with Crippen LogP contribution in [0.5, 0.6) is 5.75 Å². The van der Waals surface area contributed by atoms with Crippen LogP contribution in [0.15, 0.2) is 54.4 Å². The Kier molecular flexibility index (Phi) is 6.10. The molecule has 7 nitrogen and oxygen atoms in total. The second-order valence-electron chi connectivity index (χ2n) is 9.12. The fraction of sp³-hybridized carbons (Fsp3) is 0.296. The van der Waals surface area contributed by atoms with E-state index >= 15 is 0 Å². The highest BCUT2D eigenvalue weighted by Crippen LogP contribution is 2.37. The molecule has 2 bridgehead atoms. The van der Waals surface area contributed by atoms with E-state index in [0.29, 0.717) is 29.3 Å². The summed E-state index contributed by atoms with van der Waals surface area (Å²) < 4.78 is 20.6. The zero-order chi connectivity index (χ0) is 24.5. The van der Waals surface area contributed by atoms with Crippen molar-refractivity contribution in [2.45, 2.75) is 38.3 Å². The lowest BCUT2D eigenvalue weighted by atomic mass is 9.90. The van der Waals surface area contributed by atoms with Gasteiger partial charge in [0, 0.05) is 47.7 Å². The van der Waals surface area contributed by atoms with E-state index < -0.39 is 12.1 Å². The molecule has 5 N–H and O–H groups in total. The molecule has 2 aliphatic rings. The maximum atomic E-state index is 14.3. The van der Waals surface area contributed by atoms with Gasteiger partial charge in [-0.15, -0.1) is 0 Å². The van der Waals surface area contributed by atoms with Crippen LogP contribution in [0.4, 0.5) is 10.2 Å². The lowest BCUT2D eigenvalue weighted by Crippen LogP contribution is -2.28. The molecule has 1 saturated carbocycles. The maximum Gasteiger partial charge on any atom is 0.166 e. The summed E-state index contributed by atoms with van der Waals surface area (Å²) >= 11 is 0. The van der Waals surface area contributed by atoms with E-state index in [0.717, 1.165) is 34.5 Å². The molecule has 8 heteroatoms. The van der Waals surface area contributed by atoms with Gasteiger partial charge in [-0.2, -0.15) is 5.26 Å². The Morgan fingerprint density at radius 2 is 2.09 bits per heavy atom. The van der Waals surface area contributed by atoms with E-state index in [2.05, 4.69) is 21.4 Å². The Morgan fingerprint density at radius 1 is 1.26 bits per heavy atom. The van der Waals surface area contributed by atoms with Crippen molar-refractivity contribution in [3.05, 3.63) is 76.9 Å². The summed E-state index contributed by atoms with van der Waals surface area (Å²) in [5, 5.41) is 13.4. The van der Waals surface area contributed by atoms with Crippen LogP contribution in [0.25, 0.3) is 17.0 Å². The summed E-state index contributed by atoms with van der Waals surface area (Å²) in [7, 11) is 0. The fourth-order valence-electron chi connectivity index (χ4n) is 4.46. The summed E-state index contributed by atoms with van der Waals surface area (Å²) in [6.07, 6.45) is 5.57. The summed E-state index contributed by atoms with van der Waals surface area (Å²) in [6, 6.07) is 11.5. The van der Waals surface area contributed by atoms with E-state index in [9.17, 15) is 9.65 Å². The highest BCUT2D eigenvalue weighted by atomic mass is 19.1. The van der Waals surface area contributed by atoms with Crippen molar-refractivity contribution < 1.29 is 9.13 Å². The van der Waals surface area contributed by atoms with E-state index in [4.69, 9.17) is 16.2 Å². The first-order valence-electron chi connectivity index (χ1n) is 11.7. The normalized spacial score (nSPS) is 20.2. The zero-order valence-electron chi connectivity index (χ0n) is 19.5. The van der Waals surface area contributed by atoms with E-state index in [1.807, 2.05) is 25.1 Å². The number of halogens is 1. The molecule has 0 saturated heterocycles. The van der Waals surface area contributed by atoms with Gasteiger partial charge in [-0.3, -0.25) is 4.98 Å². The summed E-state index contributed by atoms with van der Waals surface area (Å²) in [4.78, 5) is 9.01. The molecule has 0 radical (unpaired) electrons. The molecule has 2 unspecified atom stereocenters. The Bertz CT molecular complexity index is 1340. The number of benzene rings is 1. The first-order valence-corrected chi connectivity index (χ1v) is 11.7. The van der Waals surface area contributed by atoms with Crippen LogP contribution < -0.4 is 21.5 Å². The Hall–Kier alpha value is -3.96. The first kappa shape index (κ1) is 22.8. The van der Waals surface area contributed by atoms with Gasteiger partial charge in [0.1, 0.15) is 18.0 Å². The topological polar surface area (TPSA) is 123 Å². The molecular weight excluding hydrogens is 443 g/mol. The van der Waals surface area contributed by atoms with E-state index in [1.54, 1.807) is 18.5 Å². The summed E-state index contributed by atoms with van der Waals surface area (Å²) in [5.41, 5.74) is 17.7. The molecule has 2 aromatic heterocycles. The molecule has 35 heavy (non-hydrogen) atoms. The number of pyridine rings is 2. The van der Waals surface area contributed by atoms with Crippen LogP contribution in [0.3, 0.4) is 0 Å². The maximum absolute atomic E-state index is 14.3. The number of rotatable bonds is 4. The predicted octanol–water partition coefficient (Wildman–Crippen LogP) is 4.12. The van der Waals surface area contributed by atoms with Gasteiger partial charge in [-0.25, -0.2) is 9.37 Å². The monoisotopic (exact) mass is 470 g/mol. The second kappa shape index (κ2) is 9.35. The number of hydrogen-bond acceptors (Lipinski definition) is 7. The quantitative estimate of drug-likeness (QED) is 0.524. The second-order valence-corrected chi connectivity index (χ2v) is 9.12. The molecule has 1 aromatic carbocycles. The number of nitrogens with one attached hydrogen (secondary N) is 1. The first-order chi connectivity index (χ1) is 16.9. The number of fused-ring (bicyclic) bond motifs is 5. The SMILES string of the molecule is CC1Oc2cc(cnc2N)/C(NCC2CC2)=C(/C(N)C#N)Cc2cccnc2-c2ccc(F)cc21. The van der Waals surface area contributed by atoms with Gasteiger partial charge in [-0.05, 0) is 67.2 Å². The zero-order valence-corrected chi connectivity index (χ0v) is 19.5. The minimum absolute atomic E-state index is 0.224. The lowest BCUT2D eigenvalue weighted by molar-refractivity contribution is 0.227. The molecule has 2 atom stereocenters. The van der Waals surface area contributed by atoms with Crippen molar-refractivity contribution in [2.24, 2.45) is 11.7 Å². The van der Waals surface area contributed by atoms with Gasteiger partial charge >= 0.3 is 0 Å². The minimum Gasteiger partial charge on any atom is -0.482 e. The minimum atomic E-state index is -0.860. The molecule has 3 aromatic rings. The van der Waals surface area contributed by atoms with Gasteiger partial charge in [0.05, 0.1) is 11.8 Å². The Labute approximate surface area is 203 Å². The van der Waals surface area contributed by atoms with Crippen LogP contribution in [0.2, 0.25) is 0 Å². The van der Waals surface area contributed by atoms with Gasteiger partial charge in [0.15, 0.2) is 11.6 Å². The van der Waals surface area contributed by atoms with E-state index in [-0.39, 0.29) is 11.6 Å². The third kappa shape index (κ3) is 4.68. The van der Waals surface area contributed by atoms with Crippen molar-refractivity contribution in [3.8, 4) is 23.1 Å². The summed E-state index contributed by atoms with van der Waals surface area (Å²) in [6.45, 7) is 2.62. The molecule has 0 amide bonds. The van der Waals surface area contributed by atoms with Crippen molar-refractivity contribution in [1.29, 1.82) is 5.26 Å². The van der Waals surface area contributed by atoms with Crippen molar-refractivity contribution in [3.63, 3.8) is 0 Å². The largest absolute Gasteiger partial charge is 0.482 e.